The maximum Gasteiger partial charge on any atom is 0.0166 e. The second-order valence-electron chi connectivity index (χ2n) is 1.98. The molecule has 0 aliphatic carbocycles. The predicted octanol–water partition coefficient (Wildman–Crippen LogP) is 3.18. The van der Waals surface area contributed by atoms with E-state index in [1.807, 2.05) is 13.0 Å². The summed E-state index contributed by atoms with van der Waals surface area (Å²) in [5.74, 6) is 0.543. The van der Waals surface area contributed by atoms with E-state index in [1.54, 1.807) is 0 Å². The van der Waals surface area contributed by atoms with Crippen LogP contribution in [-0.2, 0) is 0 Å². The van der Waals surface area contributed by atoms with Gasteiger partial charge in [0.2, 0.25) is 0 Å². The Hall–Kier alpha value is 0.0300. The molecule has 0 radical (unpaired) electrons. The van der Waals surface area contributed by atoms with Gasteiger partial charge in [0.05, 0.1) is 0 Å². The first-order chi connectivity index (χ1) is 3.72. The van der Waals surface area contributed by atoms with Crippen molar-refractivity contribution in [1.82, 2.24) is 0 Å². The van der Waals surface area contributed by atoms with Crippen LogP contribution >= 0.6 is 11.6 Å². The van der Waals surface area contributed by atoms with E-state index >= 15 is 0 Å². The van der Waals surface area contributed by atoms with E-state index in [9.17, 15) is 0 Å². The standard InChI is InChI=1S/C7H13Cl/c1-4-6(3)7(8)5-2/h5-6H,4H2,1-3H3/b7-5+/t6-/m1/s1. The van der Waals surface area contributed by atoms with Gasteiger partial charge >= 0.3 is 0 Å². The van der Waals surface area contributed by atoms with Crippen LogP contribution in [0.4, 0.5) is 0 Å². The van der Waals surface area contributed by atoms with E-state index in [0.717, 1.165) is 11.5 Å². The van der Waals surface area contributed by atoms with Crippen molar-refractivity contribution < 1.29 is 0 Å². The van der Waals surface area contributed by atoms with Crippen LogP contribution in [-0.4, -0.2) is 0 Å². The zero-order valence-electron chi connectivity index (χ0n) is 5.74. The van der Waals surface area contributed by atoms with E-state index < -0.39 is 0 Å². The molecule has 0 rings (SSSR count). The summed E-state index contributed by atoms with van der Waals surface area (Å²) in [5.41, 5.74) is 0. The third-order valence-corrected chi connectivity index (χ3v) is 1.95. The van der Waals surface area contributed by atoms with Gasteiger partial charge in [0.25, 0.3) is 0 Å². The van der Waals surface area contributed by atoms with Gasteiger partial charge in [0.1, 0.15) is 0 Å². The van der Waals surface area contributed by atoms with Gasteiger partial charge in [-0.05, 0) is 19.3 Å². The van der Waals surface area contributed by atoms with Crippen LogP contribution in [0.3, 0.4) is 0 Å². The fourth-order valence-electron chi connectivity index (χ4n) is 0.480. The van der Waals surface area contributed by atoms with Crippen molar-refractivity contribution in [2.75, 3.05) is 0 Å². The molecule has 0 spiro atoms. The number of hydrogen-bond acceptors (Lipinski definition) is 0. The quantitative estimate of drug-likeness (QED) is 0.542. The molecule has 0 heterocycles. The first-order valence-corrected chi connectivity index (χ1v) is 3.41. The van der Waals surface area contributed by atoms with Crippen LogP contribution in [0.1, 0.15) is 27.2 Å². The Kier molecular flexibility index (Phi) is 3.98. The Bertz CT molecular complexity index is 84.4. The second kappa shape index (κ2) is 3.96. The highest BCUT2D eigenvalue weighted by molar-refractivity contribution is 6.29. The van der Waals surface area contributed by atoms with Crippen molar-refractivity contribution in [2.45, 2.75) is 27.2 Å². The SMILES string of the molecule is C/C=C(/Cl)[C@H](C)CC. The minimum Gasteiger partial charge on any atom is -0.0892 e. The van der Waals surface area contributed by atoms with Crippen LogP contribution in [0.2, 0.25) is 0 Å². The van der Waals surface area contributed by atoms with Crippen molar-refractivity contribution in [3.63, 3.8) is 0 Å². The molecule has 1 atom stereocenters. The molecule has 0 aliphatic rings. The van der Waals surface area contributed by atoms with Gasteiger partial charge in [-0.25, -0.2) is 0 Å². The number of rotatable bonds is 2. The maximum atomic E-state index is 5.78. The van der Waals surface area contributed by atoms with Crippen LogP contribution in [0.25, 0.3) is 0 Å². The number of halogens is 1. The molecule has 0 aromatic carbocycles. The van der Waals surface area contributed by atoms with Crippen LogP contribution < -0.4 is 0 Å². The van der Waals surface area contributed by atoms with E-state index in [2.05, 4.69) is 13.8 Å². The van der Waals surface area contributed by atoms with Crippen LogP contribution in [0, 0.1) is 5.92 Å². The molecule has 0 nitrogen and oxygen atoms in total. The van der Waals surface area contributed by atoms with Crippen molar-refractivity contribution in [1.29, 1.82) is 0 Å². The van der Waals surface area contributed by atoms with Crippen molar-refractivity contribution in [3.05, 3.63) is 11.1 Å². The van der Waals surface area contributed by atoms with Crippen molar-refractivity contribution in [2.24, 2.45) is 5.92 Å². The van der Waals surface area contributed by atoms with E-state index in [1.165, 1.54) is 0 Å². The summed E-state index contributed by atoms with van der Waals surface area (Å²) in [5, 5.41) is 0.979. The Morgan fingerprint density at radius 2 is 2.25 bits per heavy atom. The largest absolute Gasteiger partial charge is 0.0892 e. The van der Waals surface area contributed by atoms with Crippen molar-refractivity contribution >= 4 is 11.6 Å². The minimum atomic E-state index is 0.543. The molecule has 0 aliphatic heterocycles. The van der Waals surface area contributed by atoms with Gasteiger partial charge in [-0.3, -0.25) is 0 Å². The van der Waals surface area contributed by atoms with Crippen LogP contribution in [0.15, 0.2) is 11.1 Å². The lowest BCUT2D eigenvalue weighted by atomic mass is 10.1. The third kappa shape index (κ3) is 2.37. The monoisotopic (exact) mass is 132 g/mol. The van der Waals surface area contributed by atoms with Crippen LogP contribution in [0.5, 0.6) is 0 Å². The molecule has 1 heteroatoms. The summed E-state index contributed by atoms with van der Waals surface area (Å²) >= 11 is 5.78. The Morgan fingerprint density at radius 1 is 1.75 bits per heavy atom. The number of allylic oxidation sites excluding steroid dienone is 2. The number of hydrogen-bond donors (Lipinski definition) is 0. The maximum absolute atomic E-state index is 5.78. The summed E-state index contributed by atoms with van der Waals surface area (Å²) in [6, 6.07) is 0. The Balaban J connectivity index is 3.63. The van der Waals surface area contributed by atoms with Gasteiger partial charge in [0.15, 0.2) is 0 Å². The summed E-state index contributed by atoms with van der Waals surface area (Å²) in [7, 11) is 0. The molecule has 0 saturated carbocycles. The van der Waals surface area contributed by atoms with Gasteiger partial charge < -0.3 is 0 Å². The van der Waals surface area contributed by atoms with E-state index in [-0.39, 0.29) is 0 Å². The first-order valence-electron chi connectivity index (χ1n) is 3.04. The highest BCUT2D eigenvalue weighted by Crippen LogP contribution is 2.16. The molecule has 48 valence electrons. The summed E-state index contributed by atoms with van der Waals surface area (Å²) < 4.78 is 0. The smallest absolute Gasteiger partial charge is 0.0166 e. The fourth-order valence-corrected chi connectivity index (χ4v) is 0.634. The van der Waals surface area contributed by atoms with Gasteiger partial charge in [-0.15, -0.1) is 0 Å². The molecular weight excluding hydrogens is 120 g/mol. The molecule has 0 amide bonds. The summed E-state index contributed by atoms with van der Waals surface area (Å²) in [4.78, 5) is 0. The minimum absolute atomic E-state index is 0.543. The Labute approximate surface area is 56.5 Å². The van der Waals surface area contributed by atoms with E-state index in [0.29, 0.717) is 5.92 Å². The summed E-state index contributed by atoms with van der Waals surface area (Å²) in [6.45, 7) is 6.23. The molecule has 8 heavy (non-hydrogen) atoms. The van der Waals surface area contributed by atoms with Gasteiger partial charge in [-0.1, -0.05) is 31.5 Å². The molecular formula is C7H13Cl. The average molecular weight is 133 g/mol. The first kappa shape index (κ1) is 8.03. The topological polar surface area (TPSA) is 0 Å². The van der Waals surface area contributed by atoms with Gasteiger partial charge in [0, 0.05) is 5.03 Å². The zero-order chi connectivity index (χ0) is 6.57. The molecule has 0 aromatic rings. The predicted molar refractivity (Wildman–Crippen MR) is 39.1 cm³/mol. The highest BCUT2D eigenvalue weighted by Gasteiger charge is 1.99. The third-order valence-electron chi connectivity index (χ3n) is 1.36. The molecule has 0 unspecified atom stereocenters. The molecule has 0 N–H and O–H groups in total. The molecule has 0 bridgehead atoms. The molecule has 0 saturated heterocycles. The second-order valence-corrected chi connectivity index (χ2v) is 2.42. The van der Waals surface area contributed by atoms with Gasteiger partial charge in [-0.2, -0.15) is 0 Å². The highest BCUT2D eigenvalue weighted by atomic mass is 35.5. The Morgan fingerprint density at radius 3 is 2.38 bits per heavy atom. The normalized spacial score (nSPS) is 16.2. The summed E-state index contributed by atoms with van der Waals surface area (Å²) in [6.07, 6.45) is 3.08. The zero-order valence-corrected chi connectivity index (χ0v) is 6.50. The van der Waals surface area contributed by atoms with E-state index in [4.69, 9.17) is 11.6 Å². The lowest BCUT2D eigenvalue weighted by Gasteiger charge is -2.03. The van der Waals surface area contributed by atoms with Crippen molar-refractivity contribution in [3.8, 4) is 0 Å². The lowest BCUT2D eigenvalue weighted by molar-refractivity contribution is 0.684. The lowest BCUT2D eigenvalue weighted by Crippen LogP contribution is -1.89. The average Bonchev–Trinajstić information content (AvgIpc) is 1.84. The molecule has 0 fully saturated rings. The molecule has 0 aromatic heterocycles. The fraction of sp³-hybridized carbons (Fsp3) is 0.714.